The van der Waals surface area contributed by atoms with Gasteiger partial charge in [0.25, 0.3) is 5.56 Å². The minimum absolute atomic E-state index is 0.198. The fourth-order valence-electron chi connectivity index (χ4n) is 2.53. The van der Waals surface area contributed by atoms with E-state index in [1.165, 1.54) is 4.57 Å². The minimum atomic E-state index is -0.381. The van der Waals surface area contributed by atoms with Gasteiger partial charge in [-0.3, -0.25) is 9.36 Å². The maximum absolute atomic E-state index is 12.3. The van der Waals surface area contributed by atoms with Crippen LogP contribution in [0.2, 0.25) is 5.02 Å². The minimum Gasteiger partial charge on any atom is -0.312 e. The van der Waals surface area contributed by atoms with E-state index in [1.54, 1.807) is 18.2 Å². The van der Waals surface area contributed by atoms with Crippen molar-refractivity contribution in [2.75, 3.05) is 6.54 Å². The maximum atomic E-state index is 12.3. The van der Waals surface area contributed by atoms with Gasteiger partial charge in [0, 0.05) is 17.6 Å². The molecule has 6 heteroatoms. The molecule has 100 valence electrons. The van der Waals surface area contributed by atoms with Crippen molar-refractivity contribution in [3.63, 3.8) is 0 Å². The summed E-state index contributed by atoms with van der Waals surface area (Å²) in [4.78, 5) is 27.0. The van der Waals surface area contributed by atoms with E-state index < -0.39 is 0 Å². The number of halogens is 1. The zero-order valence-corrected chi connectivity index (χ0v) is 11.0. The number of H-pyrrole nitrogens is 1. The van der Waals surface area contributed by atoms with Crippen LogP contribution in [0.15, 0.2) is 27.8 Å². The molecule has 0 aliphatic carbocycles. The summed E-state index contributed by atoms with van der Waals surface area (Å²) in [5.74, 6) is 0. The van der Waals surface area contributed by atoms with Crippen LogP contribution in [0.4, 0.5) is 0 Å². The van der Waals surface area contributed by atoms with Gasteiger partial charge in [-0.15, -0.1) is 0 Å². The van der Waals surface area contributed by atoms with Gasteiger partial charge >= 0.3 is 5.69 Å². The number of hydrogen-bond acceptors (Lipinski definition) is 3. The van der Waals surface area contributed by atoms with Gasteiger partial charge in [0.05, 0.1) is 10.9 Å². The van der Waals surface area contributed by atoms with Crippen molar-refractivity contribution < 1.29 is 0 Å². The summed E-state index contributed by atoms with van der Waals surface area (Å²) < 4.78 is 1.26. The Morgan fingerprint density at radius 3 is 2.95 bits per heavy atom. The zero-order chi connectivity index (χ0) is 13.4. The second kappa shape index (κ2) is 4.83. The quantitative estimate of drug-likeness (QED) is 0.865. The molecule has 2 N–H and O–H groups in total. The fraction of sp³-hybridized carbons (Fsp3) is 0.385. The highest BCUT2D eigenvalue weighted by atomic mass is 35.5. The molecular formula is C13H14ClN3O2. The summed E-state index contributed by atoms with van der Waals surface area (Å²) in [5, 5.41) is 4.27. The van der Waals surface area contributed by atoms with Crippen molar-refractivity contribution in [1.29, 1.82) is 0 Å². The van der Waals surface area contributed by atoms with Gasteiger partial charge in [-0.25, -0.2) is 4.79 Å². The molecule has 1 atom stereocenters. The average molecular weight is 280 g/mol. The Kier molecular flexibility index (Phi) is 3.16. The van der Waals surface area contributed by atoms with Gasteiger partial charge in [-0.1, -0.05) is 11.6 Å². The van der Waals surface area contributed by atoms with E-state index in [9.17, 15) is 9.59 Å². The second-order valence-electron chi connectivity index (χ2n) is 4.83. The van der Waals surface area contributed by atoms with Crippen molar-refractivity contribution in [3.05, 3.63) is 44.1 Å². The predicted octanol–water partition coefficient (Wildman–Crippen LogP) is 1.10. The van der Waals surface area contributed by atoms with E-state index in [2.05, 4.69) is 10.3 Å². The monoisotopic (exact) mass is 279 g/mol. The van der Waals surface area contributed by atoms with Crippen molar-refractivity contribution >= 4 is 22.5 Å². The number of fused-ring (bicyclic) bond motifs is 1. The van der Waals surface area contributed by atoms with Crippen molar-refractivity contribution in [3.8, 4) is 0 Å². The van der Waals surface area contributed by atoms with E-state index in [0.717, 1.165) is 19.4 Å². The van der Waals surface area contributed by atoms with Crippen LogP contribution >= 0.6 is 11.6 Å². The summed E-state index contributed by atoms with van der Waals surface area (Å²) in [6.07, 6.45) is 2.07. The third-order valence-corrected chi connectivity index (χ3v) is 3.74. The Labute approximate surface area is 114 Å². The van der Waals surface area contributed by atoms with Crippen LogP contribution in [0.25, 0.3) is 10.9 Å². The first kappa shape index (κ1) is 12.4. The lowest BCUT2D eigenvalue weighted by atomic mass is 10.2. The SMILES string of the molecule is O=c1[nH]c2cc(Cl)ccc2c(=O)n1CC1CCCN1. The van der Waals surface area contributed by atoms with Crippen LogP contribution < -0.4 is 16.6 Å². The van der Waals surface area contributed by atoms with Crippen LogP contribution in [0.5, 0.6) is 0 Å². The molecule has 0 radical (unpaired) electrons. The van der Waals surface area contributed by atoms with Gasteiger partial charge in [-0.05, 0) is 37.6 Å². The van der Waals surface area contributed by atoms with Gasteiger partial charge in [0.15, 0.2) is 0 Å². The third-order valence-electron chi connectivity index (χ3n) is 3.51. The molecule has 1 aromatic carbocycles. The molecule has 1 unspecified atom stereocenters. The smallest absolute Gasteiger partial charge is 0.312 e. The number of nitrogens with zero attached hydrogens (tertiary/aromatic N) is 1. The highest BCUT2D eigenvalue weighted by Crippen LogP contribution is 2.13. The Morgan fingerprint density at radius 1 is 1.37 bits per heavy atom. The molecule has 1 aliphatic heterocycles. The first-order valence-electron chi connectivity index (χ1n) is 6.31. The second-order valence-corrected chi connectivity index (χ2v) is 5.27. The molecular weight excluding hydrogens is 266 g/mol. The molecule has 0 saturated carbocycles. The van der Waals surface area contributed by atoms with E-state index in [1.807, 2.05) is 0 Å². The lowest BCUT2D eigenvalue weighted by Gasteiger charge is -2.12. The maximum Gasteiger partial charge on any atom is 0.328 e. The molecule has 0 bridgehead atoms. The summed E-state index contributed by atoms with van der Waals surface area (Å²) in [6, 6.07) is 5.09. The average Bonchev–Trinajstić information content (AvgIpc) is 2.87. The fourth-order valence-corrected chi connectivity index (χ4v) is 2.70. The van der Waals surface area contributed by atoms with Gasteiger partial charge in [0.1, 0.15) is 0 Å². The molecule has 19 heavy (non-hydrogen) atoms. The molecule has 2 heterocycles. The first-order chi connectivity index (χ1) is 9.15. The highest BCUT2D eigenvalue weighted by Gasteiger charge is 2.17. The number of hydrogen-bond donors (Lipinski definition) is 2. The molecule has 1 aliphatic rings. The Hall–Kier alpha value is -1.59. The molecule has 3 rings (SSSR count). The summed E-state index contributed by atoms with van der Waals surface area (Å²) in [6.45, 7) is 1.35. The van der Waals surface area contributed by atoms with Crippen LogP contribution in [0.3, 0.4) is 0 Å². The third kappa shape index (κ3) is 2.31. The highest BCUT2D eigenvalue weighted by molar-refractivity contribution is 6.31. The lowest BCUT2D eigenvalue weighted by molar-refractivity contribution is 0.487. The Balaban J connectivity index is 2.11. The van der Waals surface area contributed by atoms with Crippen LogP contribution in [-0.2, 0) is 6.54 Å². The number of aromatic nitrogens is 2. The molecule has 1 saturated heterocycles. The van der Waals surface area contributed by atoms with E-state index >= 15 is 0 Å². The summed E-state index contributed by atoms with van der Waals surface area (Å²) >= 11 is 5.86. The summed E-state index contributed by atoms with van der Waals surface area (Å²) in [7, 11) is 0. The number of rotatable bonds is 2. The van der Waals surface area contributed by atoms with E-state index in [-0.39, 0.29) is 17.3 Å². The first-order valence-corrected chi connectivity index (χ1v) is 6.69. The molecule has 5 nitrogen and oxygen atoms in total. The topological polar surface area (TPSA) is 66.9 Å². The Bertz CT molecular complexity index is 729. The molecule has 1 fully saturated rings. The van der Waals surface area contributed by atoms with E-state index in [0.29, 0.717) is 22.5 Å². The number of nitrogens with one attached hydrogen (secondary N) is 2. The molecule has 0 amide bonds. The zero-order valence-electron chi connectivity index (χ0n) is 10.3. The molecule has 0 spiro atoms. The van der Waals surface area contributed by atoms with Crippen LogP contribution in [0, 0.1) is 0 Å². The lowest BCUT2D eigenvalue weighted by Crippen LogP contribution is -2.40. The van der Waals surface area contributed by atoms with Crippen molar-refractivity contribution in [2.24, 2.45) is 0 Å². The summed E-state index contributed by atoms with van der Waals surface area (Å²) in [5.41, 5.74) is -0.157. The Morgan fingerprint density at radius 2 is 2.21 bits per heavy atom. The number of aromatic amines is 1. The predicted molar refractivity (Wildman–Crippen MR) is 74.9 cm³/mol. The number of benzene rings is 1. The molecule has 1 aromatic heterocycles. The van der Waals surface area contributed by atoms with Gasteiger partial charge < -0.3 is 10.3 Å². The largest absolute Gasteiger partial charge is 0.328 e. The normalized spacial score (nSPS) is 19.1. The van der Waals surface area contributed by atoms with Gasteiger partial charge in [-0.2, -0.15) is 0 Å². The van der Waals surface area contributed by atoms with Crippen LogP contribution in [0.1, 0.15) is 12.8 Å². The van der Waals surface area contributed by atoms with Gasteiger partial charge in [0.2, 0.25) is 0 Å². The van der Waals surface area contributed by atoms with Crippen molar-refractivity contribution in [2.45, 2.75) is 25.4 Å². The molecule has 2 aromatic rings. The van der Waals surface area contributed by atoms with E-state index in [4.69, 9.17) is 11.6 Å². The standard InChI is InChI=1S/C13H14ClN3O2/c14-8-3-4-10-11(6-8)16-13(19)17(12(10)18)7-9-2-1-5-15-9/h3-4,6,9,15H,1-2,5,7H2,(H,16,19). The van der Waals surface area contributed by atoms with Crippen molar-refractivity contribution in [1.82, 2.24) is 14.9 Å². The van der Waals surface area contributed by atoms with Crippen LogP contribution in [-0.4, -0.2) is 22.1 Å².